The van der Waals surface area contributed by atoms with Gasteiger partial charge in [0.15, 0.2) is 0 Å². The minimum absolute atomic E-state index is 0.110. The first kappa shape index (κ1) is 27.5. The highest BCUT2D eigenvalue weighted by atomic mass is 35.5. The maximum Gasteiger partial charge on any atom is 0.244 e. The molecule has 0 bridgehead atoms. The predicted octanol–water partition coefficient (Wildman–Crippen LogP) is 3.45. The zero-order valence-corrected chi connectivity index (χ0v) is 21.7. The third-order valence-electron chi connectivity index (χ3n) is 5.12. The minimum atomic E-state index is -3.79. The molecule has 10 heteroatoms. The molecule has 0 saturated carbocycles. The van der Waals surface area contributed by atoms with E-state index in [0.29, 0.717) is 22.9 Å². The van der Waals surface area contributed by atoms with E-state index in [-0.39, 0.29) is 18.5 Å². The lowest BCUT2D eigenvalue weighted by atomic mass is 10.1. The summed E-state index contributed by atoms with van der Waals surface area (Å²) in [5.41, 5.74) is 1.09. The normalized spacial score (nSPS) is 12.2. The van der Waals surface area contributed by atoms with Gasteiger partial charge in [-0.25, -0.2) is 8.42 Å². The first-order chi connectivity index (χ1) is 16.0. The number of carbonyl (C=O) groups excluding carboxylic acids is 2. The topological polar surface area (TPSA) is 96.0 Å². The van der Waals surface area contributed by atoms with E-state index < -0.39 is 28.5 Å². The lowest BCUT2D eigenvalue weighted by Crippen LogP contribution is -2.53. The molecule has 1 N–H and O–H groups in total. The van der Waals surface area contributed by atoms with E-state index in [4.69, 9.17) is 16.3 Å². The van der Waals surface area contributed by atoms with E-state index >= 15 is 0 Å². The van der Waals surface area contributed by atoms with Gasteiger partial charge in [0.2, 0.25) is 21.8 Å². The summed E-state index contributed by atoms with van der Waals surface area (Å²) in [6.07, 6.45) is 1.40. The Labute approximate surface area is 206 Å². The van der Waals surface area contributed by atoms with Crippen LogP contribution in [0.1, 0.15) is 32.8 Å². The molecule has 0 unspecified atom stereocenters. The van der Waals surface area contributed by atoms with Crippen LogP contribution in [0.25, 0.3) is 0 Å². The molecule has 2 aromatic carbocycles. The molecule has 0 aliphatic carbocycles. The molecule has 0 saturated heterocycles. The Hall–Kier alpha value is -2.78. The molecule has 0 aliphatic rings. The molecule has 2 rings (SSSR count). The van der Waals surface area contributed by atoms with E-state index in [2.05, 4.69) is 5.32 Å². The van der Waals surface area contributed by atoms with Crippen molar-refractivity contribution in [2.45, 2.75) is 45.8 Å². The van der Waals surface area contributed by atoms with Crippen molar-refractivity contribution in [3.63, 3.8) is 0 Å². The summed E-state index contributed by atoms with van der Waals surface area (Å²) < 4.78 is 31.3. The lowest BCUT2D eigenvalue weighted by molar-refractivity contribution is -0.140. The number of hydrogen-bond acceptors (Lipinski definition) is 5. The van der Waals surface area contributed by atoms with Gasteiger partial charge in [0.1, 0.15) is 18.3 Å². The summed E-state index contributed by atoms with van der Waals surface area (Å²) in [6.45, 7) is 5.16. The van der Waals surface area contributed by atoms with Gasteiger partial charge in [0.25, 0.3) is 0 Å². The summed E-state index contributed by atoms with van der Waals surface area (Å²) in [5.74, 6) is -0.235. The van der Waals surface area contributed by atoms with Gasteiger partial charge in [-0.15, -0.1) is 0 Å². The molecule has 0 radical (unpaired) electrons. The van der Waals surface area contributed by atoms with Crippen molar-refractivity contribution in [1.29, 1.82) is 0 Å². The molecule has 0 aliphatic heterocycles. The van der Waals surface area contributed by atoms with Gasteiger partial charge in [0.05, 0.1) is 19.1 Å². The van der Waals surface area contributed by atoms with Crippen molar-refractivity contribution in [2.75, 3.05) is 24.2 Å². The number of amides is 2. The average Bonchev–Trinajstić information content (AvgIpc) is 2.77. The Kier molecular flexibility index (Phi) is 9.76. The van der Waals surface area contributed by atoms with Gasteiger partial charge in [-0.3, -0.25) is 13.9 Å². The molecule has 2 aromatic rings. The third-order valence-corrected chi connectivity index (χ3v) is 6.52. The van der Waals surface area contributed by atoms with Crippen LogP contribution in [0.2, 0.25) is 5.02 Å². The summed E-state index contributed by atoms with van der Waals surface area (Å²) >= 11 is 5.99. The summed E-state index contributed by atoms with van der Waals surface area (Å²) in [6, 6.07) is 12.4. The van der Waals surface area contributed by atoms with Crippen LogP contribution in [-0.2, 0) is 26.2 Å². The molecule has 0 fully saturated rings. The Morgan fingerprint density at radius 1 is 1.06 bits per heavy atom. The number of benzene rings is 2. The lowest BCUT2D eigenvalue weighted by Gasteiger charge is -2.33. The molecule has 8 nitrogen and oxygen atoms in total. The molecule has 1 atom stereocenters. The number of sulfonamides is 1. The van der Waals surface area contributed by atoms with Crippen molar-refractivity contribution < 1.29 is 22.7 Å². The van der Waals surface area contributed by atoms with Crippen LogP contribution in [-0.4, -0.2) is 57.1 Å². The van der Waals surface area contributed by atoms with E-state index in [0.717, 1.165) is 16.1 Å². The van der Waals surface area contributed by atoms with Gasteiger partial charge in [0, 0.05) is 17.6 Å². The summed E-state index contributed by atoms with van der Waals surface area (Å²) in [5, 5.41) is 3.40. The van der Waals surface area contributed by atoms with Gasteiger partial charge < -0.3 is 15.0 Å². The van der Waals surface area contributed by atoms with Gasteiger partial charge in [-0.05, 0) is 62.2 Å². The van der Waals surface area contributed by atoms with Gasteiger partial charge in [-0.2, -0.15) is 0 Å². The number of ether oxygens (including phenoxy) is 1. The molecule has 0 aromatic heterocycles. The van der Waals surface area contributed by atoms with Crippen molar-refractivity contribution in [3.8, 4) is 5.75 Å². The largest absolute Gasteiger partial charge is 0.497 e. The minimum Gasteiger partial charge on any atom is -0.497 e. The third kappa shape index (κ3) is 7.63. The van der Waals surface area contributed by atoms with Crippen LogP contribution in [0.15, 0.2) is 48.5 Å². The number of halogens is 1. The van der Waals surface area contributed by atoms with Crippen LogP contribution in [0.5, 0.6) is 5.75 Å². The number of anilines is 1. The number of nitrogens with one attached hydrogen (secondary N) is 1. The van der Waals surface area contributed by atoms with E-state index in [1.54, 1.807) is 48.5 Å². The first-order valence-corrected chi connectivity index (χ1v) is 13.1. The standard InChI is InChI=1S/C24H32ClN3O5S/c1-6-22(24(30)26-17(2)3)27(15-18-7-9-19(25)10-8-18)23(29)16-28(34(5,31)32)20-11-13-21(33-4)14-12-20/h7-14,17,22H,6,15-16H2,1-5H3,(H,26,30)/t22-/m1/s1. The van der Waals surface area contributed by atoms with Crippen LogP contribution in [0, 0.1) is 0 Å². The van der Waals surface area contributed by atoms with Crippen LogP contribution >= 0.6 is 11.6 Å². The maximum atomic E-state index is 13.5. The van der Waals surface area contributed by atoms with Crippen LogP contribution in [0.3, 0.4) is 0 Å². The van der Waals surface area contributed by atoms with Crippen molar-refractivity contribution in [1.82, 2.24) is 10.2 Å². The monoisotopic (exact) mass is 509 g/mol. The molecule has 186 valence electrons. The zero-order chi connectivity index (χ0) is 25.5. The summed E-state index contributed by atoms with van der Waals surface area (Å²) in [4.78, 5) is 27.9. The molecular formula is C24H32ClN3O5S. The van der Waals surface area contributed by atoms with Gasteiger partial charge in [-0.1, -0.05) is 30.7 Å². The number of rotatable bonds is 11. The first-order valence-electron chi connectivity index (χ1n) is 10.9. The number of carbonyl (C=O) groups is 2. The second-order valence-electron chi connectivity index (χ2n) is 8.20. The molecule has 0 heterocycles. The zero-order valence-electron chi connectivity index (χ0n) is 20.1. The predicted molar refractivity (Wildman–Crippen MR) is 135 cm³/mol. The maximum absolute atomic E-state index is 13.5. The van der Waals surface area contributed by atoms with Crippen molar-refractivity contribution >= 4 is 39.1 Å². The molecule has 34 heavy (non-hydrogen) atoms. The van der Waals surface area contributed by atoms with Crippen LogP contribution in [0.4, 0.5) is 5.69 Å². The Morgan fingerprint density at radius 2 is 1.65 bits per heavy atom. The second kappa shape index (κ2) is 12.1. The smallest absolute Gasteiger partial charge is 0.244 e. The van der Waals surface area contributed by atoms with Gasteiger partial charge >= 0.3 is 0 Å². The highest BCUT2D eigenvalue weighted by Crippen LogP contribution is 2.23. The number of hydrogen-bond donors (Lipinski definition) is 1. The fraction of sp³-hybridized carbons (Fsp3) is 0.417. The Bertz CT molecular complexity index is 1070. The van der Waals surface area contributed by atoms with E-state index in [9.17, 15) is 18.0 Å². The second-order valence-corrected chi connectivity index (χ2v) is 10.5. The molecule has 2 amide bonds. The Balaban J connectivity index is 2.42. The number of methoxy groups -OCH3 is 1. The fourth-order valence-electron chi connectivity index (χ4n) is 3.45. The van der Waals surface area contributed by atoms with Crippen molar-refractivity contribution in [2.24, 2.45) is 0 Å². The average molecular weight is 510 g/mol. The summed E-state index contributed by atoms with van der Waals surface area (Å²) in [7, 11) is -2.28. The molecular weight excluding hydrogens is 478 g/mol. The fourth-order valence-corrected chi connectivity index (χ4v) is 4.42. The Morgan fingerprint density at radius 3 is 2.12 bits per heavy atom. The van der Waals surface area contributed by atoms with Crippen molar-refractivity contribution in [3.05, 3.63) is 59.1 Å². The quantitative estimate of drug-likeness (QED) is 0.500. The number of nitrogens with zero attached hydrogens (tertiary/aromatic N) is 2. The molecule has 0 spiro atoms. The SMILES string of the molecule is CC[C@H](C(=O)NC(C)C)N(Cc1ccc(Cl)cc1)C(=O)CN(c1ccc(OC)cc1)S(C)(=O)=O. The highest BCUT2D eigenvalue weighted by Gasteiger charge is 2.32. The van der Waals surface area contributed by atoms with E-state index in [1.807, 2.05) is 20.8 Å². The van der Waals surface area contributed by atoms with Crippen LogP contribution < -0.4 is 14.4 Å². The highest BCUT2D eigenvalue weighted by molar-refractivity contribution is 7.92. The van der Waals surface area contributed by atoms with E-state index in [1.165, 1.54) is 12.0 Å².